The minimum atomic E-state index is -3.92. The SMILES string of the molecule is CC(C)CCn1c(=O)c(=C2Nc3ccc(I)cc3S(=O)(=O)N2)c(=O)c2cccn21. The Hall–Kier alpha value is -2.34. The maximum absolute atomic E-state index is 13.2. The number of anilines is 1. The summed E-state index contributed by atoms with van der Waals surface area (Å²) in [5.74, 6) is 0.243. The second kappa shape index (κ2) is 7.17. The lowest BCUT2D eigenvalue weighted by Crippen LogP contribution is -2.52. The van der Waals surface area contributed by atoms with Crippen molar-refractivity contribution in [3.8, 4) is 0 Å². The van der Waals surface area contributed by atoms with E-state index in [-0.39, 0.29) is 15.9 Å². The Morgan fingerprint density at radius 2 is 1.93 bits per heavy atom. The van der Waals surface area contributed by atoms with Gasteiger partial charge in [0.25, 0.3) is 15.6 Å². The summed E-state index contributed by atoms with van der Waals surface area (Å²) >= 11 is 2.02. The predicted molar refractivity (Wildman–Crippen MR) is 119 cm³/mol. The van der Waals surface area contributed by atoms with Gasteiger partial charge in [-0.3, -0.25) is 18.8 Å². The number of aryl methyl sites for hydroxylation is 1. The Bertz CT molecular complexity index is 1410. The summed E-state index contributed by atoms with van der Waals surface area (Å²) in [6.07, 6.45) is 2.39. The molecule has 4 rings (SSSR count). The Kier molecular flexibility index (Phi) is 4.93. The third kappa shape index (κ3) is 3.44. The molecule has 2 N–H and O–H groups in total. The largest absolute Gasteiger partial charge is 0.339 e. The molecule has 0 saturated carbocycles. The summed E-state index contributed by atoms with van der Waals surface area (Å²) in [5.41, 5.74) is -0.439. The minimum Gasteiger partial charge on any atom is -0.339 e. The molecule has 0 amide bonds. The lowest BCUT2D eigenvalue weighted by atomic mass is 10.1. The summed E-state index contributed by atoms with van der Waals surface area (Å²) in [4.78, 5) is 26.4. The van der Waals surface area contributed by atoms with E-state index >= 15 is 0 Å². The molecule has 3 aromatic rings. The van der Waals surface area contributed by atoms with Crippen LogP contribution >= 0.6 is 22.6 Å². The molecule has 0 radical (unpaired) electrons. The van der Waals surface area contributed by atoms with E-state index in [9.17, 15) is 18.0 Å². The van der Waals surface area contributed by atoms with Gasteiger partial charge in [-0.2, -0.15) is 0 Å². The van der Waals surface area contributed by atoms with Crippen LogP contribution in [0, 0.1) is 9.49 Å². The van der Waals surface area contributed by atoms with Crippen LogP contribution < -0.4 is 26.2 Å². The highest BCUT2D eigenvalue weighted by Gasteiger charge is 2.28. The van der Waals surface area contributed by atoms with Crippen molar-refractivity contribution in [2.75, 3.05) is 5.32 Å². The van der Waals surface area contributed by atoms with Gasteiger partial charge in [-0.25, -0.2) is 13.1 Å². The van der Waals surface area contributed by atoms with Gasteiger partial charge in [-0.05, 0) is 65.3 Å². The molecule has 2 aromatic heterocycles. The van der Waals surface area contributed by atoms with Crippen LogP contribution in [0.2, 0.25) is 0 Å². The Balaban J connectivity index is 2.03. The predicted octanol–water partition coefficient (Wildman–Crippen LogP) is 1.30. The third-order valence-electron chi connectivity index (χ3n) is 4.79. The van der Waals surface area contributed by atoms with Gasteiger partial charge in [0, 0.05) is 16.3 Å². The zero-order valence-corrected chi connectivity index (χ0v) is 18.7. The van der Waals surface area contributed by atoms with Gasteiger partial charge in [-0.15, -0.1) is 0 Å². The van der Waals surface area contributed by atoms with E-state index in [0.29, 0.717) is 23.7 Å². The molecule has 3 heterocycles. The first kappa shape index (κ1) is 20.0. The van der Waals surface area contributed by atoms with E-state index in [4.69, 9.17) is 0 Å². The van der Waals surface area contributed by atoms with Crippen molar-refractivity contribution in [2.24, 2.45) is 5.92 Å². The van der Waals surface area contributed by atoms with Gasteiger partial charge >= 0.3 is 0 Å². The molecule has 0 aliphatic carbocycles. The van der Waals surface area contributed by atoms with Crippen molar-refractivity contribution in [3.05, 3.63) is 65.9 Å². The van der Waals surface area contributed by atoms with Crippen LogP contribution in [0.25, 0.3) is 11.3 Å². The molecule has 0 spiro atoms. The van der Waals surface area contributed by atoms with E-state index in [1.807, 2.05) is 36.4 Å². The van der Waals surface area contributed by atoms with Crippen LogP contribution in [0.15, 0.2) is 51.0 Å². The van der Waals surface area contributed by atoms with Crippen molar-refractivity contribution in [2.45, 2.75) is 31.7 Å². The average Bonchev–Trinajstić information content (AvgIpc) is 3.11. The summed E-state index contributed by atoms with van der Waals surface area (Å²) in [6.45, 7) is 4.50. The number of hydrogen-bond acceptors (Lipinski definition) is 5. The van der Waals surface area contributed by atoms with Crippen molar-refractivity contribution in [1.82, 2.24) is 13.9 Å². The van der Waals surface area contributed by atoms with Crippen molar-refractivity contribution in [1.29, 1.82) is 0 Å². The van der Waals surface area contributed by atoms with Crippen molar-refractivity contribution in [3.63, 3.8) is 0 Å². The van der Waals surface area contributed by atoms with Gasteiger partial charge in [0.2, 0.25) is 5.43 Å². The molecule has 0 fully saturated rings. The molecular weight excluding hydrogens is 507 g/mol. The molecule has 0 bridgehead atoms. The Labute approximate surface area is 180 Å². The molecule has 1 aromatic carbocycles. The Morgan fingerprint density at radius 1 is 1.17 bits per heavy atom. The zero-order chi connectivity index (χ0) is 20.9. The maximum atomic E-state index is 13.2. The fraction of sp³-hybridized carbons (Fsp3) is 0.263. The molecule has 152 valence electrons. The van der Waals surface area contributed by atoms with Crippen LogP contribution in [0.3, 0.4) is 0 Å². The minimum absolute atomic E-state index is 0.0736. The van der Waals surface area contributed by atoms with Crippen LogP contribution in [0.1, 0.15) is 20.3 Å². The number of rotatable bonds is 3. The average molecular weight is 526 g/mol. The summed E-state index contributed by atoms with van der Waals surface area (Å²) in [7, 11) is -3.92. The van der Waals surface area contributed by atoms with E-state index in [2.05, 4.69) is 10.0 Å². The molecule has 29 heavy (non-hydrogen) atoms. The summed E-state index contributed by atoms with van der Waals surface area (Å²) in [5, 5.41) is 2.71. The van der Waals surface area contributed by atoms with Crippen molar-refractivity contribution >= 4 is 49.6 Å². The van der Waals surface area contributed by atoms with Crippen LogP contribution in [-0.2, 0) is 16.6 Å². The molecule has 1 aliphatic rings. The number of nitrogens with one attached hydrogen (secondary N) is 2. The summed E-state index contributed by atoms with van der Waals surface area (Å²) < 4.78 is 31.6. The number of sulfonamides is 1. The topological polar surface area (TPSA) is 102 Å². The van der Waals surface area contributed by atoms with Crippen LogP contribution in [0.5, 0.6) is 0 Å². The van der Waals surface area contributed by atoms with Gasteiger partial charge in [-0.1, -0.05) is 13.8 Å². The fourth-order valence-electron chi connectivity index (χ4n) is 3.31. The van der Waals surface area contributed by atoms with Crippen molar-refractivity contribution < 1.29 is 8.42 Å². The number of aromatic nitrogens is 2. The lowest BCUT2D eigenvalue weighted by molar-refractivity contribution is 0.455. The van der Waals surface area contributed by atoms with Gasteiger partial charge in [0.15, 0.2) is 0 Å². The molecule has 1 aliphatic heterocycles. The highest BCUT2D eigenvalue weighted by Crippen LogP contribution is 2.28. The second-order valence-electron chi connectivity index (χ2n) is 7.30. The van der Waals surface area contributed by atoms with Gasteiger partial charge < -0.3 is 5.32 Å². The molecular formula is C19H19IN4O4S. The quantitative estimate of drug-likeness (QED) is 0.502. The molecule has 8 nitrogen and oxygen atoms in total. The van der Waals surface area contributed by atoms with Crippen LogP contribution in [0.4, 0.5) is 5.69 Å². The molecule has 0 saturated heterocycles. The monoisotopic (exact) mass is 526 g/mol. The Morgan fingerprint density at radius 3 is 2.66 bits per heavy atom. The first-order chi connectivity index (χ1) is 13.7. The number of halogens is 1. The number of hydrogen-bond donors (Lipinski definition) is 2. The standard InChI is InChI=1S/C19H19IN4O4S/c1-11(2)7-9-24-19(26)16(17(25)14-4-3-8-23(14)24)18-21-13-6-5-12(20)10-15(13)29(27,28)22-18/h3-6,8,10-11,21-22H,7,9H2,1-2H3. The highest BCUT2D eigenvalue weighted by molar-refractivity contribution is 14.1. The number of benzene rings is 1. The van der Waals surface area contributed by atoms with Crippen LogP contribution in [-0.4, -0.2) is 17.6 Å². The smallest absolute Gasteiger partial charge is 0.280 e. The zero-order valence-electron chi connectivity index (χ0n) is 15.8. The van der Waals surface area contributed by atoms with E-state index in [1.54, 1.807) is 30.5 Å². The normalized spacial score (nSPS) is 17.1. The van der Waals surface area contributed by atoms with E-state index in [0.717, 1.165) is 9.99 Å². The number of nitrogens with zero attached hydrogens (tertiary/aromatic N) is 2. The lowest BCUT2D eigenvalue weighted by Gasteiger charge is -2.22. The van der Waals surface area contributed by atoms with E-state index < -0.39 is 21.0 Å². The highest BCUT2D eigenvalue weighted by atomic mass is 127. The maximum Gasteiger partial charge on any atom is 0.280 e. The van der Waals surface area contributed by atoms with E-state index in [1.165, 1.54) is 15.3 Å². The van der Waals surface area contributed by atoms with Gasteiger partial charge in [0.1, 0.15) is 21.5 Å². The second-order valence-corrected chi connectivity index (χ2v) is 10.2. The molecule has 10 heteroatoms. The van der Waals surface area contributed by atoms with Gasteiger partial charge in [0.05, 0.1) is 5.69 Å². The molecule has 0 atom stereocenters. The molecule has 0 unspecified atom stereocenters. The first-order valence-electron chi connectivity index (χ1n) is 9.07. The third-order valence-corrected chi connectivity index (χ3v) is 6.85. The number of fused-ring (bicyclic) bond motifs is 2. The first-order valence-corrected chi connectivity index (χ1v) is 11.6. The fourth-order valence-corrected chi connectivity index (χ4v) is 5.23. The summed E-state index contributed by atoms with van der Waals surface area (Å²) in [6, 6.07) is 8.20.